The molecule has 3 aromatic rings. The molecule has 3 aromatic carbocycles. The molecule has 0 aliphatic heterocycles. The molecule has 0 aromatic heterocycles. The topological polar surface area (TPSA) is 46.2 Å². The first-order valence-electron chi connectivity index (χ1n) is 8.12. The normalized spacial score (nSPS) is 11.9. The van der Waals surface area contributed by atoms with Crippen molar-refractivity contribution in [3.05, 3.63) is 83.3 Å². The Labute approximate surface area is 168 Å². The number of anilines is 1. The van der Waals surface area contributed by atoms with Crippen molar-refractivity contribution < 1.29 is 22.5 Å². The van der Waals surface area contributed by atoms with Gasteiger partial charge < -0.3 is 9.88 Å². The average Bonchev–Trinajstić information content (AvgIpc) is 2.69. The first kappa shape index (κ1) is 20.4. The lowest BCUT2D eigenvalue weighted by Gasteiger charge is -2.23. The van der Waals surface area contributed by atoms with E-state index < -0.39 is 19.2 Å². The Morgan fingerprint density at radius 1 is 0.857 bits per heavy atom. The fourth-order valence-electron chi connectivity index (χ4n) is 2.77. The van der Waals surface area contributed by atoms with E-state index in [0.717, 1.165) is 0 Å². The predicted molar refractivity (Wildman–Crippen MR) is 108 cm³/mol. The molecule has 0 saturated heterocycles. The van der Waals surface area contributed by atoms with Gasteiger partial charge in [-0.05, 0) is 18.2 Å². The Balaban J connectivity index is 2.26. The molecule has 144 valence electrons. The molecule has 0 aliphatic rings. The smallest absolute Gasteiger partial charge is 0.318 e. The maximum atomic E-state index is 14.4. The largest absolute Gasteiger partial charge is 0.471 e. The van der Waals surface area contributed by atoms with Crippen molar-refractivity contribution >= 4 is 50.6 Å². The minimum absolute atomic E-state index is 0.108. The van der Waals surface area contributed by atoms with Gasteiger partial charge in [-0.15, -0.1) is 0 Å². The van der Waals surface area contributed by atoms with Crippen molar-refractivity contribution in [3.63, 3.8) is 0 Å². The number of alkyl halides is 3. The van der Waals surface area contributed by atoms with E-state index in [-0.39, 0.29) is 11.0 Å². The highest BCUT2D eigenvalue weighted by molar-refractivity contribution is 9.10. The van der Waals surface area contributed by atoms with Gasteiger partial charge >= 0.3 is 12.1 Å². The van der Waals surface area contributed by atoms with Gasteiger partial charge in [0.25, 0.3) is 0 Å². The summed E-state index contributed by atoms with van der Waals surface area (Å²) in [6, 6.07) is 21.2. The summed E-state index contributed by atoms with van der Waals surface area (Å²) in [4.78, 5) is 11.5. The molecule has 3 rings (SSSR count). The van der Waals surface area contributed by atoms with Gasteiger partial charge in [-0.1, -0.05) is 76.6 Å². The first-order chi connectivity index (χ1) is 13.2. The van der Waals surface area contributed by atoms with Crippen LogP contribution in [0.2, 0.25) is 0 Å². The molecule has 1 N–H and O–H groups in total. The number of halogens is 4. The Kier molecular flexibility index (Phi) is 5.77. The molecule has 0 radical (unpaired) electrons. The highest BCUT2D eigenvalue weighted by Gasteiger charge is 2.40. The molecule has 0 unspecified atom stereocenters. The van der Waals surface area contributed by atoms with Crippen LogP contribution in [0.4, 0.5) is 18.9 Å². The minimum Gasteiger partial charge on any atom is -0.318 e. The second kappa shape index (κ2) is 7.94. The number of carbonyl (C=O) groups is 1. The summed E-state index contributed by atoms with van der Waals surface area (Å²) in [5.41, 5.74) is -0.151. The lowest BCUT2D eigenvalue weighted by molar-refractivity contribution is -0.167. The van der Waals surface area contributed by atoms with Gasteiger partial charge in [0.2, 0.25) is 0 Å². The van der Waals surface area contributed by atoms with Crippen molar-refractivity contribution in [1.82, 2.24) is 0 Å². The number of benzene rings is 3. The Morgan fingerprint density at radius 2 is 1.36 bits per heavy atom. The molecular formula is C20H14BrF3NO2P. The number of nitrogens with one attached hydrogen (secondary N) is 1. The molecule has 0 heterocycles. The van der Waals surface area contributed by atoms with Crippen molar-refractivity contribution in [1.29, 1.82) is 0 Å². The summed E-state index contributed by atoms with van der Waals surface area (Å²) in [6.45, 7) is 0. The number of carbonyl (C=O) groups excluding carboxylic acids is 1. The van der Waals surface area contributed by atoms with Crippen LogP contribution in [0.15, 0.2) is 83.3 Å². The van der Waals surface area contributed by atoms with Crippen LogP contribution in [0.5, 0.6) is 0 Å². The van der Waals surface area contributed by atoms with Gasteiger partial charge in [0.15, 0.2) is 7.14 Å². The maximum Gasteiger partial charge on any atom is 0.471 e. The molecule has 8 heteroatoms. The van der Waals surface area contributed by atoms with Crippen molar-refractivity contribution in [2.75, 3.05) is 5.32 Å². The molecule has 1 amide bonds. The number of hydrogen-bond donors (Lipinski definition) is 1. The molecule has 0 spiro atoms. The van der Waals surface area contributed by atoms with Crippen LogP contribution in [0.25, 0.3) is 0 Å². The van der Waals surface area contributed by atoms with E-state index >= 15 is 0 Å². The molecule has 28 heavy (non-hydrogen) atoms. The zero-order valence-electron chi connectivity index (χ0n) is 14.3. The van der Waals surface area contributed by atoms with Gasteiger partial charge in [0.05, 0.1) is 5.69 Å². The van der Waals surface area contributed by atoms with E-state index in [0.29, 0.717) is 15.1 Å². The van der Waals surface area contributed by atoms with Crippen LogP contribution in [0.3, 0.4) is 0 Å². The SMILES string of the molecule is O=C(Nc1ccc(Br)cc1P(=O)(c1ccccc1)c1ccccc1)C(F)(F)F. The summed E-state index contributed by atoms with van der Waals surface area (Å²) in [6.07, 6.45) is -5.06. The molecule has 0 bridgehead atoms. The van der Waals surface area contributed by atoms with Gasteiger partial charge in [-0.2, -0.15) is 13.2 Å². The van der Waals surface area contributed by atoms with E-state index in [1.807, 2.05) is 5.32 Å². The summed E-state index contributed by atoms with van der Waals surface area (Å²) in [5, 5.41) is 2.87. The second-order valence-electron chi connectivity index (χ2n) is 5.89. The molecule has 3 nitrogen and oxygen atoms in total. The molecular weight excluding hydrogens is 454 g/mol. The number of amides is 1. The van der Waals surface area contributed by atoms with Gasteiger partial charge in [0.1, 0.15) is 0 Å². The van der Waals surface area contributed by atoms with Crippen molar-refractivity contribution in [2.24, 2.45) is 0 Å². The first-order valence-corrected chi connectivity index (χ1v) is 10.6. The van der Waals surface area contributed by atoms with Crippen LogP contribution in [-0.2, 0) is 9.36 Å². The quantitative estimate of drug-likeness (QED) is 0.570. The van der Waals surface area contributed by atoms with Crippen molar-refractivity contribution in [3.8, 4) is 0 Å². The average molecular weight is 468 g/mol. The maximum absolute atomic E-state index is 14.4. The van der Waals surface area contributed by atoms with Crippen LogP contribution >= 0.6 is 23.1 Å². The minimum atomic E-state index is -5.06. The summed E-state index contributed by atoms with van der Waals surface area (Å²) >= 11 is 3.28. The summed E-state index contributed by atoms with van der Waals surface area (Å²) in [5.74, 6) is -2.12. The molecule has 0 fully saturated rings. The Morgan fingerprint density at radius 3 is 1.82 bits per heavy atom. The van der Waals surface area contributed by atoms with E-state index in [1.54, 1.807) is 60.7 Å². The number of rotatable bonds is 4. The van der Waals surface area contributed by atoms with E-state index in [2.05, 4.69) is 15.9 Å². The summed E-state index contributed by atoms with van der Waals surface area (Å²) < 4.78 is 53.3. The van der Waals surface area contributed by atoms with Crippen LogP contribution in [0, 0.1) is 0 Å². The van der Waals surface area contributed by atoms with Crippen molar-refractivity contribution in [2.45, 2.75) is 6.18 Å². The Hall–Kier alpha value is -2.37. The molecule has 0 saturated carbocycles. The second-order valence-corrected chi connectivity index (χ2v) is 9.54. The lowest BCUT2D eigenvalue weighted by Crippen LogP contribution is -2.34. The van der Waals surface area contributed by atoms with Crippen LogP contribution in [0.1, 0.15) is 0 Å². The van der Waals surface area contributed by atoms with Gasteiger partial charge in [0, 0.05) is 20.4 Å². The fraction of sp³-hybridized carbons (Fsp3) is 0.0500. The highest BCUT2D eigenvalue weighted by atomic mass is 79.9. The van der Waals surface area contributed by atoms with E-state index in [1.165, 1.54) is 18.2 Å². The third-order valence-corrected chi connectivity index (χ3v) is 7.64. The van der Waals surface area contributed by atoms with E-state index in [4.69, 9.17) is 0 Å². The summed E-state index contributed by atoms with van der Waals surface area (Å²) in [7, 11) is -3.56. The zero-order chi connectivity index (χ0) is 20.4. The van der Waals surface area contributed by atoms with Crippen LogP contribution < -0.4 is 21.2 Å². The molecule has 0 aliphatic carbocycles. The monoisotopic (exact) mass is 467 g/mol. The zero-order valence-corrected chi connectivity index (χ0v) is 16.8. The predicted octanol–water partition coefficient (Wildman–Crippen LogP) is 4.59. The third kappa shape index (κ3) is 4.05. The lowest BCUT2D eigenvalue weighted by atomic mass is 10.3. The highest BCUT2D eigenvalue weighted by Crippen LogP contribution is 2.45. The fourth-order valence-corrected chi connectivity index (χ4v) is 6.13. The van der Waals surface area contributed by atoms with E-state index in [9.17, 15) is 22.5 Å². The van der Waals surface area contributed by atoms with Gasteiger partial charge in [-0.3, -0.25) is 4.79 Å². The van der Waals surface area contributed by atoms with Gasteiger partial charge in [-0.25, -0.2) is 0 Å². The number of hydrogen-bond acceptors (Lipinski definition) is 2. The van der Waals surface area contributed by atoms with Crippen LogP contribution in [-0.4, -0.2) is 12.1 Å². The molecule has 0 atom stereocenters. The Bertz CT molecular complexity index is 997. The standard InChI is InChI=1S/C20H14BrF3NO2P/c21-14-11-12-17(25-19(26)20(22,23)24)18(13-14)28(27,15-7-3-1-4-8-15)16-9-5-2-6-10-16/h1-13H,(H,25,26). The third-order valence-electron chi connectivity index (χ3n) is 4.04.